The van der Waals surface area contributed by atoms with Gasteiger partial charge in [-0.15, -0.1) is 0 Å². The van der Waals surface area contributed by atoms with E-state index in [1.807, 2.05) is 6.92 Å². The minimum absolute atomic E-state index is 0.267. The lowest BCUT2D eigenvalue weighted by Crippen LogP contribution is -2.14. The van der Waals surface area contributed by atoms with E-state index >= 15 is 0 Å². The van der Waals surface area contributed by atoms with Crippen LogP contribution < -0.4 is 5.32 Å². The summed E-state index contributed by atoms with van der Waals surface area (Å²) >= 11 is 5.90. The molecule has 0 bridgehead atoms. The van der Waals surface area contributed by atoms with Gasteiger partial charge in [0.2, 0.25) is 0 Å². The fourth-order valence-electron chi connectivity index (χ4n) is 1.37. The number of nitrogens with zero attached hydrogens (tertiary/aromatic N) is 3. The molecule has 2 aromatic rings. The molecule has 0 aliphatic heterocycles. The molecule has 88 valence electrons. The summed E-state index contributed by atoms with van der Waals surface area (Å²) in [7, 11) is 1.78. The zero-order valence-electron chi connectivity index (χ0n) is 9.44. The molecule has 17 heavy (non-hydrogen) atoms. The highest BCUT2D eigenvalue weighted by atomic mass is 35.5. The average molecular weight is 251 g/mol. The number of aromatic nitrogens is 3. The van der Waals surface area contributed by atoms with Gasteiger partial charge in [-0.1, -0.05) is 11.6 Å². The van der Waals surface area contributed by atoms with Crippen LogP contribution in [0.1, 0.15) is 16.1 Å². The van der Waals surface area contributed by atoms with Crippen molar-refractivity contribution in [3.05, 3.63) is 40.8 Å². The Bertz CT molecular complexity index is 564. The van der Waals surface area contributed by atoms with Crippen molar-refractivity contribution < 1.29 is 4.79 Å². The van der Waals surface area contributed by atoms with Gasteiger partial charge in [-0.3, -0.25) is 9.48 Å². The molecule has 1 amide bonds. The lowest BCUT2D eigenvalue weighted by molar-refractivity contribution is 0.102. The van der Waals surface area contributed by atoms with Crippen LogP contribution in [-0.2, 0) is 7.05 Å². The Balaban J connectivity index is 2.23. The fourth-order valence-corrected chi connectivity index (χ4v) is 1.54. The first-order valence-corrected chi connectivity index (χ1v) is 5.38. The molecule has 0 aromatic carbocycles. The standard InChI is InChI=1S/C11H11ClN4O/c1-7-8(6-14-16(7)2)11(17)15-10-9(12)4-3-5-13-10/h3-6H,1-2H3,(H,13,15,17). The number of anilines is 1. The van der Waals surface area contributed by atoms with E-state index in [1.165, 1.54) is 6.20 Å². The molecule has 0 unspecified atom stereocenters. The average Bonchev–Trinajstić information content (AvgIpc) is 2.63. The van der Waals surface area contributed by atoms with E-state index in [1.54, 1.807) is 30.1 Å². The summed E-state index contributed by atoms with van der Waals surface area (Å²) in [6.07, 6.45) is 3.08. The van der Waals surface area contributed by atoms with Gasteiger partial charge in [-0.05, 0) is 19.1 Å². The summed E-state index contributed by atoms with van der Waals surface area (Å²) in [6.45, 7) is 1.82. The van der Waals surface area contributed by atoms with Crippen molar-refractivity contribution in [3.8, 4) is 0 Å². The van der Waals surface area contributed by atoms with Crippen molar-refractivity contribution >= 4 is 23.3 Å². The van der Waals surface area contributed by atoms with Gasteiger partial charge < -0.3 is 5.32 Å². The highest BCUT2D eigenvalue weighted by Crippen LogP contribution is 2.18. The van der Waals surface area contributed by atoms with Gasteiger partial charge in [-0.25, -0.2) is 4.98 Å². The summed E-state index contributed by atoms with van der Waals surface area (Å²) in [5.74, 6) is 0.0821. The summed E-state index contributed by atoms with van der Waals surface area (Å²) in [5.41, 5.74) is 1.30. The smallest absolute Gasteiger partial charge is 0.260 e. The highest BCUT2D eigenvalue weighted by molar-refractivity contribution is 6.33. The third kappa shape index (κ3) is 2.29. The van der Waals surface area contributed by atoms with E-state index in [9.17, 15) is 4.79 Å². The number of halogens is 1. The summed E-state index contributed by atoms with van der Waals surface area (Å²) in [6, 6.07) is 3.37. The van der Waals surface area contributed by atoms with Gasteiger partial charge in [0.05, 0.1) is 16.8 Å². The molecule has 0 spiro atoms. The largest absolute Gasteiger partial charge is 0.305 e. The Morgan fingerprint density at radius 2 is 2.29 bits per heavy atom. The van der Waals surface area contributed by atoms with Crippen molar-refractivity contribution in [2.24, 2.45) is 7.05 Å². The van der Waals surface area contributed by atoms with Crippen LogP contribution >= 0.6 is 11.6 Å². The SMILES string of the molecule is Cc1c(C(=O)Nc2ncccc2Cl)cnn1C. The van der Waals surface area contributed by atoms with Crippen LogP contribution in [0, 0.1) is 6.92 Å². The van der Waals surface area contributed by atoms with Crippen LogP contribution in [0.2, 0.25) is 5.02 Å². The maximum Gasteiger partial charge on any atom is 0.260 e. The van der Waals surface area contributed by atoms with E-state index in [-0.39, 0.29) is 5.91 Å². The fraction of sp³-hybridized carbons (Fsp3) is 0.182. The van der Waals surface area contributed by atoms with E-state index in [0.717, 1.165) is 5.69 Å². The molecule has 6 heteroatoms. The van der Waals surface area contributed by atoms with Gasteiger partial charge in [-0.2, -0.15) is 5.10 Å². The predicted molar refractivity (Wildman–Crippen MR) is 65.1 cm³/mol. The first-order chi connectivity index (χ1) is 8.09. The molecule has 2 heterocycles. The number of hydrogen-bond donors (Lipinski definition) is 1. The molecule has 0 saturated carbocycles. The molecule has 0 radical (unpaired) electrons. The number of carbonyl (C=O) groups excluding carboxylic acids is 1. The topological polar surface area (TPSA) is 59.8 Å². The Labute approximate surface area is 103 Å². The monoisotopic (exact) mass is 250 g/mol. The lowest BCUT2D eigenvalue weighted by atomic mass is 10.2. The highest BCUT2D eigenvalue weighted by Gasteiger charge is 2.14. The quantitative estimate of drug-likeness (QED) is 0.887. The second kappa shape index (κ2) is 4.55. The van der Waals surface area contributed by atoms with Crippen LogP contribution in [0.25, 0.3) is 0 Å². The molecular formula is C11H11ClN4O. The molecule has 2 aromatic heterocycles. The molecule has 0 aliphatic rings. The summed E-state index contributed by atoms with van der Waals surface area (Å²) in [4.78, 5) is 15.9. The normalized spacial score (nSPS) is 10.3. The van der Waals surface area contributed by atoms with Crippen LogP contribution in [0.4, 0.5) is 5.82 Å². The number of hydrogen-bond acceptors (Lipinski definition) is 3. The molecule has 0 fully saturated rings. The van der Waals surface area contributed by atoms with Gasteiger partial charge in [0, 0.05) is 18.9 Å². The molecule has 2 rings (SSSR count). The van der Waals surface area contributed by atoms with Crippen LogP contribution in [0.15, 0.2) is 24.5 Å². The minimum atomic E-state index is -0.267. The van der Waals surface area contributed by atoms with Gasteiger partial charge >= 0.3 is 0 Å². The predicted octanol–water partition coefficient (Wildman–Crippen LogP) is 2.03. The van der Waals surface area contributed by atoms with Crippen molar-refractivity contribution in [3.63, 3.8) is 0 Å². The third-order valence-corrected chi connectivity index (χ3v) is 2.78. The lowest BCUT2D eigenvalue weighted by Gasteiger charge is -2.05. The van der Waals surface area contributed by atoms with E-state index < -0.39 is 0 Å². The Kier molecular flexibility index (Phi) is 3.10. The Morgan fingerprint density at radius 3 is 2.88 bits per heavy atom. The molecule has 0 atom stereocenters. The van der Waals surface area contributed by atoms with Crippen molar-refractivity contribution in [1.29, 1.82) is 0 Å². The number of rotatable bonds is 2. The maximum absolute atomic E-state index is 11.9. The first-order valence-electron chi connectivity index (χ1n) is 5.00. The van der Waals surface area contributed by atoms with Crippen molar-refractivity contribution in [2.75, 3.05) is 5.32 Å². The molecule has 0 saturated heterocycles. The number of carbonyl (C=O) groups is 1. The number of amides is 1. The van der Waals surface area contributed by atoms with Gasteiger partial charge in [0.15, 0.2) is 5.82 Å². The van der Waals surface area contributed by atoms with Crippen molar-refractivity contribution in [2.45, 2.75) is 6.92 Å². The summed E-state index contributed by atoms with van der Waals surface area (Å²) < 4.78 is 1.63. The second-order valence-corrected chi connectivity index (χ2v) is 3.96. The molecular weight excluding hydrogens is 240 g/mol. The zero-order chi connectivity index (χ0) is 12.4. The summed E-state index contributed by atoms with van der Waals surface area (Å²) in [5, 5.41) is 7.05. The first kappa shape index (κ1) is 11.6. The Morgan fingerprint density at radius 1 is 1.53 bits per heavy atom. The number of nitrogens with one attached hydrogen (secondary N) is 1. The second-order valence-electron chi connectivity index (χ2n) is 3.56. The number of aryl methyl sites for hydroxylation is 1. The third-order valence-electron chi connectivity index (χ3n) is 2.47. The molecule has 5 nitrogen and oxygen atoms in total. The van der Waals surface area contributed by atoms with Crippen LogP contribution in [0.3, 0.4) is 0 Å². The van der Waals surface area contributed by atoms with Crippen LogP contribution in [-0.4, -0.2) is 20.7 Å². The Hall–Kier alpha value is -1.88. The van der Waals surface area contributed by atoms with E-state index in [0.29, 0.717) is 16.4 Å². The van der Waals surface area contributed by atoms with E-state index in [2.05, 4.69) is 15.4 Å². The molecule has 1 N–H and O–H groups in total. The van der Waals surface area contributed by atoms with Crippen LogP contribution in [0.5, 0.6) is 0 Å². The zero-order valence-corrected chi connectivity index (χ0v) is 10.2. The van der Waals surface area contributed by atoms with E-state index in [4.69, 9.17) is 11.6 Å². The molecule has 0 aliphatic carbocycles. The van der Waals surface area contributed by atoms with Crippen molar-refractivity contribution in [1.82, 2.24) is 14.8 Å². The van der Waals surface area contributed by atoms with Gasteiger partial charge in [0.1, 0.15) is 0 Å². The minimum Gasteiger partial charge on any atom is -0.305 e. The number of pyridine rings is 1. The van der Waals surface area contributed by atoms with Gasteiger partial charge in [0.25, 0.3) is 5.91 Å². The maximum atomic E-state index is 11.9.